The Morgan fingerprint density at radius 3 is 2.26 bits per heavy atom. The Balaban J connectivity index is 1.57. The first-order chi connectivity index (χ1) is 16.1. The summed E-state index contributed by atoms with van der Waals surface area (Å²) in [6, 6.07) is -0.110. The predicted molar refractivity (Wildman–Crippen MR) is 121 cm³/mol. The first kappa shape index (κ1) is 27.4. The van der Waals surface area contributed by atoms with E-state index >= 15 is 0 Å². The van der Waals surface area contributed by atoms with Crippen molar-refractivity contribution >= 4 is 6.03 Å². The number of amides is 2. The minimum Gasteiger partial charge on any atom is -0.336 e. The fourth-order valence-corrected chi connectivity index (χ4v) is 5.54. The van der Waals surface area contributed by atoms with Crippen molar-refractivity contribution in [1.82, 2.24) is 14.7 Å². The summed E-state index contributed by atoms with van der Waals surface area (Å²) in [7, 11) is 0. The summed E-state index contributed by atoms with van der Waals surface area (Å²) >= 11 is 0. The molecule has 2 saturated carbocycles. The molecule has 0 aromatic rings. The lowest BCUT2D eigenvalue weighted by Crippen LogP contribution is -2.56. The minimum absolute atomic E-state index is 0.00633. The molecule has 2 aliphatic carbocycles. The van der Waals surface area contributed by atoms with Gasteiger partial charge in [0.1, 0.15) is 12.4 Å². The van der Waals surface area contributed by atoms with Crippen LogP contribution in [0.1, 0.15) is 58.3 Å². The standard InChI is InChI=1S/C23H41F4N5O2/c1-2-30-10-12-31(13-11-30)22(33)32(19-5-3-4-18(24)14-19)15-16-6-8-17(9-7-16)20(28)34-21(29)23(25,26)27/h16-21H,2-15,28-29H2,1H3. The highest BCUT2D eigenvalue weighted by Crippen LogP contribution is 2.34. The lowest BCUT2D eigenvalue weighted by Gasteiger charge is -2.43. The number of likely N-dealkylation sites (N-methyl/N-ethyl adjacent to an activating group) is 1. The van der Waals surface area contributed by atoms with E-state index in [1.165, 1.54) is 0 Å². The second-order valence-corrected chi connectivity index (χ2v) is 10.1. The highest BCUT2D eigenvalue weighted by molar-refractivity contribution is 5.75. The van der Waals surface area contributed by atoms with Crippen LogP contribution in [-0.2, 0) is 4.74 Å². The molecule has 3 aliphatic rings. The molecule has 2 amide bonds. The monoisotopic (exact) mass is 495 g/mol. The molecule has 4 atom stereocenters. The Morgan fingerprint density at radius 2 is 1.71 bits per heavy atom. The molecule has 1 heterocycles. The van der Waals surface area contributed by atoms with Gasteiger partial charge in [-0.05, 0) is 69.7 Å². The third-order valence-corrected chi connectivity index (χ3v) is 7.80. The van der Waals surface area contributed by atoms with Gasteiger partial charge < -0.3 is 25.2 Å². The van der Waals surface area contributed by atoms with Crippen LogP contribution in [0, 0.1) is 11.8 Å². The molecule has 0 bridgehead atoms. The van der Waals surface area contributed by atoms with Crippen LogP contribution in [0.2, 0.25) is 0 Å². The topological polar surface area (TPSA) is 88.1 Å². The number of halogens is 4. The van der Waals surface area contributed by atoms with Gasteiger partial charge in [0.05, 0.1) is 0 Å². The molecule has 4 N–H and O–H groups in total. The van der Waals surface area contributed by atoms with Gasteiger partial charge in [-0.1, -0.05) is 6.92 Å². The van der Waals surface area contributed by atoms with Crippen molar-refractivity contribution in [3.63, 3.8) is 0 Å². The molecule has 198 valence electrons. The van der Waals surface area contributed by atoms with Crippen LogP contribution in [-0.4, -0.2) is 90.8 Å². The van der Waals surface area contributed by atoms with Crippen LogP contribution >= 0.6 is 0 Å². The Kier molecular flexibility index (Phi) is 9.83. The molecule has 7 nitrogen and oxygen atoms in total. The van der Waals surface area contributed by atoms with Crippen molar-refractivity contribution in [2.45, 2.75) is 89.1 Å². The van der Waals surface area contributed by atoms with Gasteiger partial charge in [-0.15, -0.1) is 0 Å². The Bertz CT molecular complexity index is 639. The molecule has 0 radical (unpaired) electrons. The van der Waals surface area contributed by atoms with E-state index in [4.69, 9.17) is 16.2 Å². The number of nitrogens with two attached hydrogens (primary N) is 2. The van der Waals surface area contributed by atoms with Crippen LogP contribution in [0.25, 0.3) is 0 Å². The molecule has 0 aromatic heterocycles. The molecule has 1 saturated heterocycles. The lowest BCUT2D eigenvalue weighted by molar-refractivity contribution is -0.236. The van der Waals surface area contributed by atoms with Gasteiger partial charge in [0, 0.05) is 38.8 Å². The number of carbonyl (C=O) groups excluding carboxylic acids is 1. The first-order valence-corrected chi connectivity index (χ1v) is 12.7. The predicted octanol–water partition coefficient (Wildman–Crippen LogP) is 3.28. The van der Waals surface area contributed by atoms with Crippen molar-refractivity contribution in [2.24, 2.45) is 23.3 Å². The fourth-order valence-electron chi connectivity index (χ4n) is 5.54. The van der Waals surface area contributed by atoms with Gasteiger partial charge >= 0.3 is 12.2 Å². The second-order valence-electron chi connectivity index (χ2n) is 10.1. The van der Waals surface area contributed by atoms with Crippen molar-refractivity contribution in [2.75, 3.05) is 39.3 Å². The van der Waals surface area contributed by atoms with E-state index < -0.39 is 24.8 Å². The van der Waals surface area contributed by atoms with E-state index in [1.807, 2.05) is 9.80 Å². The smallest absolute Gasteiger partial charge is 0.336 e. The van der Waals surface area contributed by atoms with Crippen LogP contribution in [0.3, 0.4) is 0 Å². The van der Waals surface area contributed by atoms with E-state index in [0.29, 0.717) is 45.3 Å². The number of piperazine rings is 1. The van der Waals surface area contributed by atoms with Crippen LogP contribution < -0.4 is 11.5 Å². The zero-order chi connectivity index (χ0) is 24.9. The molecule has 3 rings (SSSR count). The maximum Gasteiger partial charge on any atom is 0.428 e. The van der Waals surface area contributed by atoms with E-state index in [-0.39, 0.29) is 23.9 Å². The van der Waals surface area contributed by atoms with Crippen molar-refractivity contribution in [3.05, 3.63) is 0 Å². The van der Waals surface area contributed by atoms with E-state index in [9.17, 15) is 22.4 Å². The fraction of sp³-hybridized carbons (Fsp3) is 0.957. The summed E-state index contributed by atoms with van der Waals surface area (Å²) in [6.07, 6.45) is -3.76. The summed E-state index contributed by atoms with van der Waals surface area (Å²) in [6.45, 7) is 6.65. The number of hydrogen-bond donors (Lipinski definition) is 2. The summed E-state index contributed by atoms with van der Waals surface area (Å²) in [5.41, 5.74) is 10.9. The summed E-state index contributed by atoms with van der Waals surface area (Å²) in [4.78, 5) is 19.6. The summed E-state index contributed by atoms with van der Waals surface area (Å²) < 4.78 is 57.1. The second kappa shape index (κ2) is 12.2. The number of rotatable bonds is 7. The lowest BCUT2D eigenvalue weighted by atomic mass is 9.80. The highest BCUT2D eigenvalue weighted by Gasteiger charge is 2.41. The van der Waals surface area contributed by atoms with Gasteiger partial charge in [0.25, 0.3) is 0 Å². The Morgan fingerprint density at radius 1 is 1.06 bits per heavy atom. The average molecular weight is 496 g/mol. The third kappa shape index (κ3) is 7.41. The summed E-state index contributed by atoms with van der Waals surface area (Å²) in [5.74, 6) is 0.00133. The van der Waals surface area contributed by atoms with Gasteiger partial charge in [0.2, 0.25) is 6.23 Å². The molecule has 3 fully saturated rings. The Labute approximate surface area is 200 Å². The number of alkyl halides is 4. The third-order valence-electron chi connectivity index (χ3n) is 7.80. The molecule has 4 unspecified atom stereocenters. The zero-order valence-corrected chi connectivity index (χ0v) is 20.2. The van der Waals surface area contributed by atoms with Crippen LogP contribution in [0.15, 0.2) is 0 Å². The average Bonchev–Trinajstić information content (AvgIpc) is 2.82. The number of urea groups is 1. The SMILES string of the molecule is CCN1CCN(C(=O)N(CC2CCC(C(N)OC(N)C(F)(F)F)CC2)C2CCCC(F)C2)CC1. The van der Waals surface area contributed by atoms with Gasteiger partial charge in [-0.3, -0.25) is 5.73 Å². The molecule has 11 heteroatoms. The molecule has 0 aromatic carbocycles. The maximum absolute atomic E-state index is 14.2. The molecular weight excluding hydrogens is 454 g/mol. The quantitative estimate of drug-likeness (QED) is 0.418. The number of nitrogens with zero attached hydrogens (tertiary/aromatic N) is 3. The highest BCUT2D eigenvalue weighted by atomic mass is 19.4. The van der Waals surface area contributed by atoms with E-state index in [0.717, 1.165) is 45.3 Å². The number of ether oxygens (including phenoxy) is 1. The normalized spacial score (nSPS) is 31.2. The minimum atomic E-state index is -4.65. The number of carbonyl (C=O) groups is 1. The summed E-state index contributed by atoms with van der Waals surface area (Å²) in [5, 5.41) is 0. The van der Waals surface area contributed by atoms with Crippen molar-refractivity contribution in [1.29, 1.82) is 0 Å². The van der Waals surface area contributed by atoms with Crippen molar-refractivity contribution < 1.29 is 27.1 Å². The Hall–Kier alpha value is -1.17. The van der Waals surface area contributed by atoms with Gasteiger partial charge in [-0.2, -0.15) is 13.2 Å². The van der Waals surface area contributed by atoms with Crippen LogP contribution in [0.4, 0.5) is 22.4 Å². The number of hydrogen-bond acceptors (Lipinski definition) is 5. The van der Waals surface area contributed by atoms with E-state index in [2.05, 4.69) is 11.8 Å². The maximum atomic E-state index is 14.2. The molecule has 0 spiro atoms. The van der Waals surface area contributed by atoms with Gasteiger partial charge in [-0.25, -0.2) is 9.18 Å². The zero-order valence-electron chi connectivity index (χ0n) is 20.2. The first-order valence-electron chi connectivity index (χ1n) is 12.7. The molecule has 34 heavy (non-hydrogen) atoms. The van der Waals surface area contributed by atoms with Crippen LogP contribution in [0.5, 0.6) is 0 Å². The largest absolute Gasteiger partial charge is 0.428 e. The molecule has 1 aliphatic heterocycles. The van der Waals surface area contributed by atoms with Gasteiger partial charge in [0.15, 0.2) is 0 Å². The van der Waals surface area contributed by atoms with Crippen molar-refractivity contribution in [3.8, 4) is 0 Å². The molecular formula is C23H41F4N5O2. The van der Waals surface area contributed by atoms with E-state index in [1.54, 1.807) is 0 Å².